The van der Waals surface area contributed by atoms with Crippen molar-refractivity contribution in [2.24, 2.45) is 0 Å². The smallest absolute Gasteiger partial charge is 0.335 e. The van der Waals surface area contributed by atoms with Crippen molar-refractivity contribution in [1.29, 1.82) is 0 Å². The number of hydrogen-bond donors (Lipinski definition) is 2. The topological polar surface area (TPSA) is 70.4 Å². The maximum absolute atomic E-state index is 10.7. The summed E-state index contributed by atoms with van der Waals surface area (Å²) in [7, 11) is 0. The van der Waals surface area contributed by atoms with Crippen LogP contribution < -0.4 is 0 Å². The zero-order valence-electron chi connectivity index (χ0n) is 7.57. The Morgan fingerprint density at radius 2 is 2.36 bits per heavy atom. The number of halogens is 1. The number of aliphatic carboxylic acids is 1. The zero-order valence-corrected chi connectivity index (χ0v) is 9.15. The molecule has 0 radical (unpaired) electrons. The summed E-state index contributed by atoms with van der Waals surface area (Å²) >= 11 is 3.18. The van der Waals surface area contributed by atoms with Crippen molar-refractivity contribution < 1.29 is 15.0 Å². The van der Waals surface area contributed by atoms with Gasteiger partial charge in [-0.2, -0.15) is 0 Å². The highest BCUT2D eigenvalue weighted by molar-refractivity contribution is 9.10. The molecule has 0 aliphatic rings. The molecule has 14 heavy (non-hydrogen) atoms. The number of carbonyl (C=O) groups is 1. The Bertz CT molecular complexity index is 352. The summed E-state index contributed by atoms with van der Waals surface area (Å²) in [5, 5.41) is 18.2. The summed E-state index contributed by atoms with van der Waals surface area (Å²) in [5.41, 5.74) is -1.09. The van der Waals surface area contributed by atoms with Crippen LogP contribution in [0.15, 0.2) is 22.9 Å². The van der Waals surface area contributed by atoms with Crippen LogP contribution in [0.25, 0.3) is 0 Å². The molecule has 1 aromatic heterocycles. The van der Waals surface area contributed by atoms with Gasteiger partial charge >= 0.3 is 5.97 Å². The van der Waals surface area contributed by atoms with E-state index in [0.29, 0.717) is 10.2 Å². The molecule has 0 aliphatic carbocycles. The van der Waals surface area contributed by atoms with E-state index >= 15 is 0 Å². The third kappa shape index (κ3) is 2.52. The van der Waals surface area contributed by atoms with E-state index in [1.807, 2.05) is 0 Å². The number of carboxylic acid groups (broad SMARTS) is 1. The quantitative estimate of drug-likeness (QED) is 0.802. The monoisotopic (exact) mass is 259 g/mol. The molecule has 0 saturated carbocycles. The van der Waals surface area contributed by atoms with Gasteiger partial charge in [0.15, 0.2) is 5.60 Å². The third-order valence-corrected chi connectivity index (χ3v) is 2.55. The summed E-state index contributed by atoms with van der Waals surface area (Å²) in [5.74, 6) is -1.24. The highest BCUT2D eigenvalue weighted by atomic mass is 79.9. The average molecular weight is 260 g/mol. The molecular formula is C9H10BrNO3. The molecule has 0 saturated heterocycles. The number of aliphatic hydroxyl groups is 1. The van der Waals surface area contributed by atoms with Gasteiger partial charge in [-0.3, -0.25) is 0 Å². The molecule has 1 unspecified atom stereocenters. The Balaban J connectivity index is 2.89. The van der Waals surface area contributed by atoms with Crippen LogP contribution in [0.5, 0.6) is 0 Å². The van der Waals surface area contributed by atoms with Crippen molar-refractivity contribution >= 4 is 21.9 Å². The Kier molecular flexibility index (Phi) is 3.23. The molecule has 0 aromatic carbocycles. The third-order valence-electron chi connectivity index (χ3n) is 1.83. The second kappa shape index (κ2) is 4.06. The summed E-state index contributed by atoms with van der Waals surface area (Å²) in [6.07, 6.45) is 1.61. The summed E-state index contributed by atoms with van der Waals surface area (Å²) in [4.78, 5) is 14.6. The molecule has 4 nitrogen and oxygen atoms in total. The molecule has 1 atom stereocenters. The lowest BCUT2D eigenvalue weighted by atomic mass is 9.98. The highest BCUT2D eigenvalue weighted by Gasteiger charge is 2.30. The lowest BCUT2D eigenvalue weighted by Gasteiger charge is -2.17. The Morgan fingerprint density at radius 1 is 1.71 bits per heavy atom. The summed E-state index contributed by atoms with van der Waals surface area (Å²) in [6, 6.07) is 3.41. The van der Waals surface area contributed by atoms with Gasteiger partial charge in [-0.25, -0.2) is 9.78 Å². The molecule has 0 spiro atoms. The molecule has 0 aliphatic heterocycles. The second-order valence-corrected chi connectivity index (χ2v) is 3.96. The molecule has 0 bridgehead atoms. The van der Waals surface area contributed by atoms with Crippen molar-refractivity contribution in [3.63, 3.8) is 0 Å². The molecule has 1 aromatic rings. The minimum atomic E-state index is -1.76. The number of pyridine rings is 1. The van der Waals surface area contributed by atoms with Crippen LogP contribution in [0.2, 0.25) is 0 Å². The minimum absolute atomic E-state index is 0.0246. The zero-order chi connectivity index (χ0) is 10.8. The van der Waals surface area contributed by atoms with Gasteiger partial charge in [0.05, 0.1) is 0 Å². The first-order chi connectivity index (χ1) is 6.43. The van der Waals surface area contributed by atoms with Gasteiger partial charge < -0.3 is 10.2 Å². The highest BCUT2D eigenvalue weighted by Crippen LogP contribution is 2.19. The number of aromatic nitrogens is 1. The first-order valence-electron chi connectivity index (χ1n) is 3.98. The van der Waals surface area contributed by atoms with Crippen molar-refractivity contribution in [2.75, 3.05) is 0 Å². The second-order valence-electron chi connectivity index (χ2n) is 3.21. The van der Waals surface area contributed by atoms with E-state index < -0.39 is 11.6 Å². The van der Waals surface area contributed by atoms with Crippen LogP contribution in [0.4, 0.5) is 0 Å². The van der Waals surface area contributed by atoms with Gasteiger partial charge in [0.2, 0.25) is 0 Å². The first-order valence-corrected chi connectivity index (χ1v) is 4.78. The minimum Gasteiger partial charge on any atom is -0.479 e. The Hall–Kier alpha value is -0.940. The van der Waals surface area contributed by atoms with Crippen molar-refractivity contribution in [3.8, 4) is 0 Å². The van der Waals surface area contributed by atoms with E-state index in [1.165, 1.54) is 6.92 Å². The largest absolute Gasteiger partial charge is 0.479 e. The van der Waals surface area contributed by atoms with Crippen molar-refractivity contribution in [3.05, 3.63) is 28.5 Å². The molecule has 5 heteroatoms. The van der Waals surface area contributed by atoms with E-state index in [4.69, 9.17) is 5.11 Å². The van der Waals surface area contributed by atoms with Gasteiger partial charge in [0.1, 0.15) is 4.60 Å². The lowest BCUT2D eigenvalue weighted by molar-refractivity contribution is -0.156. The molecule has 76 valence electrons. The van der Waals surface area contributed by atoms with Crippen LogP contribution in [-0.2, 0) is 11.2 Å². The van der Waals surface area contributed by atoms with Gasteiger partial charge in [0, 0.05) is 12.6 Å². The fourth-order valence-corrected chi connectivity index (χ4v) is 1.39. The van der Waals surface area contributed by atoms with E-state index in [2.05, 4.69) is 20.9 Å². The van der Waals surface area contributed by atoms with Crippen LogP contribution in [-0.4, -0.2) is 26.8 Å². The molecule has 0 amide bonds. The molecule has 1 rings (SSSR count). The van der Waals surface area contributed by atoms with E-state index in [-0.39, 0.29) is 6.42 Å². The molecular weight excluding hydrogens is 250 g/mol. The van der Waals surface area contributed by atoms with Crippen LogP contribution in [0, 0.1) is 0 Å². The van der Waals surface area contributed by atoms with Crippen LogP contribution >= 0.6 is 15.9 Å². The number of carboxylic acids is 1. The number of hydrogen-bond acceptors (Lipinski definition) is 3. The maximum atomic E-state index is 10.7. The summed E-state index contributed by atoms with van der Waals surface area (Å²) < 4.78 is 0.557. The summed E-state index contributed by atoms with van der Waals surface area (Å²) in [6.45, 7) is 1.26. The van der Waals surface area contributed by atoms with E-state index in [1.54, 1.807) is 18.3 Å². The molecule has 0 fully saturated rings. The Labute approximate surface area is 89.7 Å². The Morgan fingerprint density at radius 3 is 2.86 bits per heavy atom. The predicted octanol–water partition coefficient (Wildman–Crippen LogP) is 1.22. The number of nitrogens with zero attached hydrogens (tertiary/aromatic N) is 1. The number of rotatable bonds is 3. The molecule has 1 heterocycles. The maximum Gasteiger partial charge on any atom is 0.335 e. The average Bonchev–Trinajstić information content (AvgIpc) is 2.08. The fourth-order valence-electron chi connectivity index (χ4n) is 0.998. The van der Waals surface area contributed by atoms with Crippen molar-refractivity contribution in [2.45, 2.75) is 18.9 Å². The van der Waals surface area contributed by atoms with E-state index in [9.17, 15) is 9.90 Å². The van der Waals surface area contributed by atoms with Gasteiger partial charge in [-0.1, -0.05) is 6.07 Å². The molecule has 2 N–H and O–H groups in total. The first kappa shape index (κ1) is 11.1. The van der Waals surface area contributed by atoms with Gasteiger partial charge in [-0.05, 0) is 34.5 Å². The van der Waals surface area contributed by atoms with E-state index in [0.717, 1.165) is 0 Å². The van der Waals surface area contributed by atoms with Crippen LogP contribution in [0.3, 0.4) is 0 Å². The van der Waals surface area contributed by atoms with Crippen LogP contribution in [0.1, 0.15) is 12.5 Å². The van der Waals surface area contributed by atoms with Crippen molar-refractivity contribution in [1.82, 2.24) is 4.98 Å². The SMILES string of the molecule is CC(O)(Cc1cccnc1Br)C(=O)O. The standard InChI is InChI=1S/C9H10BrNO3/c1-9(14,8(12)13)5-6-3-2-4-11-7(6)10/h2-4,14H,5H2,1H3,(H,12,13). The predicted molar refractivity (Wildman–Crippen MR) is 53.9 cm³/mol. The fraction of sp³-hybridized carbons (Fsp3) is 0.333. The lowest BCUT2D eigenvalue weighted by Crippen LogP contribution is -2.37. The van der Waals surface area contributed by atoms with Gasteiger partial charge in [0.25, 0.3) is 0 Å². The normalized spacial score (nSPS) is 14.8. The van der Waals surface area contributed by atoms with Gasteiger partial charge in [-0.15, -0.1) is 0 Å².